The lowest BCUT2D eigenvalue weighted by Gasteiger charge is -2.37. The molecular weight excluding hydrogens is 420 g/mol. The monoisotopic (exact) mass is 440 g/mol. The quantitative estimate of drug-likeness (QED) is 0.487. The van der Waals surface area contributed by atoms with Gasteiger partial charge in [-0.2, -0.15) is 5.26 Å². The van der Waals surface area contributed by atoms with E-state index in [1.165, 1.54) is 6.20 Å². The van der Waals surface area contributed by atoms with Gasteiger partial charge in [-0.3, -0.25) is 14.6 Å². The van der Waals surface area contributed by atoms with E-state index in [0.29, 0.717) is 41.2 Å². The molecule has 0 aromatic carbocycles. The molecule has 1 atom stereocenters. The fourth-order valence-electron chi connectivity index (χ4n) is 3.76. The lowest BCUT2D eigenvalue weighted by atomic mass is 10.0. The summed E-state index contributed by atoms with van der Waals surface area (Å²) in [7, 11) is 0. The van der Waals surface area contributed by atoms with Crippen molar-refractivity contribution in [1.82, 2.24) is 34.7 Å². The lowest BCUT2D eigenvalue weighted by Crippen LogP contribution is -2.55. The maximum atomic E-state index is 12.9. The van der Waals surface area contributed by atoms with Gasteiger partial charge in [-0.1, -0.05) is 0 Å². The molecule has 0 spiro atoms. The molecule has 1 aliphatic heterocycles. The van der Waals surface area contributed by atoms with Crippen LogP contribution in [0.4, 0.5) is 0 Å². The number of rotatable bonds is 5. The molecule has 10 heteroatoms. The first-order valence-electron chi connectivity index (χ1n) is 10.5. The molecule has 1 aliphatic rings. The number of hydrogen-bond donors (Lipinski definition) is 2. The first-order valence-corrected chi connectivity index (χ1v) is 10.5. The molecule has 2 amide bonds. The number of carbonyl (C=O) groups excluding carboxylic acids is 2. The first kappa shape index (κ1) is 20.4. The van der Waals surface area contributed by atoms with Crippen molar-refractivity contribution in [1.29, 1.82) is 5.26 Å². The molecule has 4 aromatic heterocycles. The van der Waals surface area contributed by atoms with E-state index < -0.39 is 11.9 Å². The van der Waals surface area contributed by atoms with Crippen LogP contribution in [-0.2, 0) is 4.79 Å². The normalized spacial score (nSPS) is 14.5. The standard InChI is InChI=1S/C23H20N8O2/c1-14(23(33)31-12-15(9-24)13-31)28-22(32)17-10-26-21-20(17)29-19(11-27-21)18-8-16(4-5-25-18)30-6-2-3-7-30/h2-8,10-11,14-15H,12-13H2,1H3,(H,26,27)(H,28,32)/t14-/m1/s1. The molecule has 5 heterocycles. The van der Waals surface area contributed by atoms with Crippen LogP contribution in [0.2, 0.25) is 0 Å². The Morgan fingerprint density at radius 1 is 1.24 bits per heavy atom. The van der Waals surface area contributed by atoms with E-state index in [0.717, 1.165) is 5.69 Å². The van der Waals surface area contributed by atoms with E-state index in [9.17, 15) is 9.59 Å². The van der Waals surface area contributed by atoms with Crippen molar-refractivity contribution in [3.63, 3.8) is 0 Å². The molecule has 1 fully saturated rings. The molecule has 5 rings (SSSR count). The Morgan fingerprint density at radius 3 is 2.79 bits per heavy atom. The Hall–Kier alpha value is -4.52. The maximum Gasteiger partial charge on any atom is 0.255 e. The van der Waals surface area contributed by atoms with Crippen molar-refractivity contribution in [2.45, 2.75) is 13.0 Å². The third-order valence-electron chi connectivity index (χ3n) is 5.63. The molecule has 0 unspecified atom stereocenters. The fraction of sp³-hybridized carbons (Fsp3) is 0.217. The number of likely N-dealkylation sites (tertiary alicyclic amines) is 1. The molecular formula is C23H20N8O2. The first-order chi connectivity index (χ1) is 16.0. The Kier molecular flexibility index (Phi) is 5.06. The smallest absolute Gasteiger partial charge is 0.255 e. The van der Waals surface area contributed by atoms with Crippen LogP contribution in [0.3, 0.4) is 0 Å². The Morgan fingerprint density at radius 2 is 2.03 bits per heavy atom. The summed E-state index contributed by atoms with van der Waals surface area (Å²) in [5.41, 5.74) is 3.22. The van der Waals surface area contributed by atoms with Gasteiger partial charge in [0.15, 0.2) is 5.65 Å². The van der Waals surface area contributed by atoms with Crippen LogP contribution in [-0.4, -0.2) is 60.3 Å². The van der Waals surface area contributed by atoms with Crippen LogP contribution in [0.1, 0.15) is 17.3 Å². The minimum Gasteiger partial charge on any atom is -0.344 e. The van der Waals surface area contributed by atoms with Crippen molar-refractivity contribution < 1.29 is 9.59 Å². The van der Waals surface area contributed by atoms with Gasteiger partial charge in [-0.15, -0.1) is 0 Å². The summed E-state index contributed by atoms with van der Waals surface area (Å²) in [6.45, 7) is 2.42. The second-order valence-corrected chi connectivity index (χ2v) is 7.91. The zero-order chi connectivity index (χ0) is 22.9. The number of pyridine rings is 1. The predicted molar refractivity (Wildman–Crippen MR) is 119 cm³/mol. The molecule has 164 valence electrons. The third-order valence-corrected chi connectivity index (χ3v) is 5.63. The highest BCUT2D eigenvalue weighted by Gasteiger charge is 2.33. The molecule has 33 heavy (non-hydrogen) atoms. The van der Waals surface area contributed by atoms with E-state index >= 15 is 0 Å². The number of carbonyl (C=O) groups is 2. The van der Waals surface area contributed by atoms with Crippen LogP contribution in [0.25, 0.3) is 28.2 Å². The predicted octanol–water partition coefficient (Wildman–Crippen LogP) is 1.91. The van der Waals surface area contributed by atoms with Gasteiger partial charge < -0.3 is 19.8 Å². The van der Waals surface area contributed by atoms with Crippen molar-refractivity contribution >= 4 is 23.0 Å². The van der Waals surface area contributed by atoms with Gasteiger partial charge in [0.1, 0.15) is 17.3 Å². The van der Waals surface area contributed by atoms with E-state index in [1.807, 2.05) is 41.2 Å². The van der Waals surface area contributed by atoms with Crippen LogP contribution < -0.4 is 5.32 Å². The van der Waals surface area contributed by atoms with Crippen molar-refractivity contribution in [3.05, 3.63) is 60.8 Å². The molecule has 1 saturated heterocycles. The highest BCUT2D eigenvalue weighted by Crippen LogP contribution is 2.22. The minimum absolute atomic E-state index is 0.135. The summed E-state index contributed by atoms with van der Waals surface area (Å²) in [6, 6.07) is 9.06. The molecule has 0 aliphatic carbocycles. The molecule has 4 aromatic rings. The highest BCUT2D eigenvalue weighted by atomic mass is 16.2. The van der Waals surface area contributed by atoms with Crippen molar-refractivity contribution in [3.8, 4) is 23.1 Å². The van der Waals surface area contributed by atoms with Crippen molar-refractivity contribution in [2.75, 3.05) is 13.1 Å². The van der Waals surface area contributed by atoms with E-state index in [2.05, 4.69) is 31.3 Å². The summed E-state index contributed by atoms with van der Waals surface area (Å²) >= 11 is 0. The van der Waals surface area contributed by atoms with Crippen molar-refractivity contribution in [2.24, 2.45) is 5.92 Å². The number of aromatic amines is 1. The summed E-state index contributed by atoms with van der Waals surface area (Å²) < 4.78 is 1.96. The molecule has 0 radical (unpaired) electrons. The summed E-state index contributed by atoms with van der Waals surface area (Å²) in [5.74, 6) is -0.781. The second kappa shape index (κ2) is 8.20. The van der Waals surface area contributed by atoms with Gasteiger partial charge >= 0.3 is 0 Å². The van der Waals surface area contributed by atoms with Crippen LogP contribution in [0, 0.1) is 17.2 Å². The topological polar surface area (TPSA) is 133 Å². The van der Waals surface area contributed by atoms with E-state index in [1.54, 1.807) is 24.2 Å². The average Bonchev–Trinajstić information content (AvgIpc) is 3.48. The Labute approximate surface area is 188 Å². The zero-order valence-electron chi connectivity index (χ0n) is 17.8. The Balaban J connectivity index is 1.38. The number of nitrogens with one attached hydrogen (secondary N) is 2. The number of aromatic nitrogens is 5. The molecule has 0 saturated carbocycles. The van der Waals surface area contributed by atoms with Gasteiger partial charge in [-0.25, -0.2) is 9.97 Å². The zero-order valence-corrected chi connectivity index (χ0v) is 17.8. The molecule has 2 N–H and O–H groups in total. The summed E-state index contributed by atoms with van der Waals surface area (Å²) in [4.78, 5) is 43.3. The summed E-state index contributed by atoms with van der Waals surface area (Å²) in [5, 5.41) is 11.6. The number of nitriles is 1. The van der Waals surface area contributed by atoms with Crippen LogP contribution >= 0.6 is 0 Å². The number of fused-ring (bicyclic) bond motifs is 1. The van der Waals surface area contributed by atoms with Gasteiger partial charge in [0, 0.05) is 43.6 Å². The van der Waals surface area contributed by atoms with Gasteiger partial charge in [-0.05, 0) is 31.2 Å². The third kappa shape index (κ3) is 3.80. The highest BCUT2D eigenvalue weighted by molar-refractivity contribution is 6.06. The number of amides is 2. The second-order valence-electron chi connectivity index (χ2n) is 7.91. The van der Waals surface area contributed by atoms with E-state index in [4.69, 9.17) is 5.26 Å². The lowest BCUT2D eigenvalue weighted by molar-refractivity contribution is -0.137. The van der Waals surface area contributed by atoms with Gasteiger partial charge in [0.2, 0.25) is 5.91 Å². The fourth-order valence-corrected chi connectivity index (χ4v) is 3.76. The van der Waals surface area contributed by atoms with Crippen LogP contribution in [0.5, 0.6) is 0 Å². The number of nitrogens with zero attached hydrogens (tertiary/aromatic N) is 6. The summed E-state index contributed by atoms with van der Waals surface area (Å²) in [6.07, 6.45) is 8.70. The Bertz CT molecular complexity index is 1380. The van der Waals surface area contributed by atoms with Gasteiger partial charge in [0.05, 0.1) is 29.4 Å². The minimum atomic E-state index is -0.724. The van der Waals surface area contributed by atoms with Gasteiger partial charge in [0.25, 0.3) is 5.91 Å². The number of hydrogen-bond acceptors (Lipinski definition) is 6. The number of H-pyrrole nitrogens is 1. The van der Waals surface area contributed by atoms with Crippen LogP contribution in [0.15, 0.2) is 55.2 Å². The maximum absolute atomic E-state index is 12.9. The molecule has 0 bridgehead atoms. The largest absolute Gasteiger partial charge is 0.344 e. The van der Waals surface area contributed by atoms with E-state index in [-0.39, 0.29) is 11.8 Å². The molecule has 10 nitrogen and oxygen atoms in total. The SMILES string of the molecule is C[C@@H](NC(=O)c1c[nH]c2ncc(-c3cc(-n4cccc4)ccn3)nc12)C(=O)N1CC(C#N)C1. The average molecular weight is 440 g/mol.